The van der Waals surface area contributed by atoms with E-state index in [9.17, 15) is 0 Å². The molecule has 112 valence electrons. The van der Waals surface area contributed by atoms with Gasteiger partial charge >= 0.3 is 0 Å². The molecule has 4 rings (SSSR count). The quantitative estimate of drug-likeness (QED) is 0.559. The number of benzene rings is 3. The second-order valence-electron chi connectivity index (χ2n) is 6.23. The van der Waals surface area contributed by atoms with E-state index in [1.807, 2.05) is 0 Å². The minimum atomic E-state index is 0.441. The number of hydrogen-bond acceptors (Lipinski definition) is 0. The van der Waals surface area contributed by atoms with Gasteiger partial charge in [-0.1, -0.05) is 84.9 Å². The highest BCUT2D eigenvalue weighted by atomic mass is 14.3. The summed E-state index contributed by atoms with van der Waals surface area (Å²) in [6, 6.07) is 30.5. The first-order valence-electron chi connectivity index (χ1n) is 8.24. The van der Waals surface area contributed by atoms with Gasteiger partial charge in [0, 0.05) is 5.92 Å². The third-order valence-corrected chi connectivity index (χ3v) is 4.86. The van der Waals surface area contributed by atoms with Crippen molar-refractivity contribution in [2.24, 2.45) is 0 Å². The molecule has 0 radical (unpaired) electrons. The zero-order chi connectivity index (χ0) is 15.6. The van der Waals surface area contributed by atoms with Gasteiger partial charge in [-0.25, -0.2) is 0 Å². The molecule has 1 atom stereocenters. The maximum Gasteiger partial charge on any atom is 0.0144 e. The van der Waals surface area contributed by atoms with Gasteiger partial charge in [0.1, 0.15) is 0 Å². The van der Waals surface area contributed by atoms with Gasteiger partial charge < -0.3 is 0 Å². The fraction of sp³-hybridized carbons (Fsp3) is 0.130. The van der Waals surface area contributed by atoms with E-state index in [2.05, 4.69) is 91.9 Å². The lowest BCUT2D eigenvalue weighted by Crippen LogP contribution is -2.03. The molecule has 0 N–H and O–H groups in total. The molecule has 1 unspecified atom stereocenters. The van der Waals surface area contributed by atoms with Crippen molar-refractivity contribution in [3.05, 3.63) is 107 Å². The highest BCUT2D eigenvalue weighted by molar-refractivity contribution is 5.98. The van der Waals surface area contributed by atoms with Crippen LogP contribution in [-0.4, -0.2) is 0 Å². The van der Waals surface area contributed by atoms with Gasteiger partial charge in [-0.05, 0) is 46.7 Å². The number of hydrogen-bond donors (Lipinski definition) is 0. The molecule has 0 amide bonds. The summed E-state index contributed by atoms with van der Waals surface area (Å²) in [5.74, 6) is 0.441. The predicted molar refractivity (Wildman–Crippen MR) is 98.3 cm³/mol. The van der Waals surface area contributed by atoms with Crippen molar-refractivity contribution < 1.29 is 0 Å². The predicted octanol–water partition coefficient (Wildman–Crippen LogP) is 5.96. The second kappa shape index (κ2) is 5.89. The number of allylic oxidation sites excluding steroid dienone is 2. The van der Waals surface area contributed by atoms with Crippen LogP contribution in [0.4, 0.5) is 0 Å². The Hall–Kier alpha value is -2.60. The first kappa shape index (κ1) is 14.0. The van der Waals surface area contributed by atoms with Crippen molar-refractivity contribution >= 4 is 11.1 Å². The van der Waals surface area contributed by atoms with Crippen LogP contribution < -0.4 is 0 Å². The normalized spacial score (nSPS) is 16.5. The van der Waals surface area contributed by atoms with Crippen molar-refractivity contribution in [3.8, 4) is 0 Å². The molecule has 0 bridgehead atoms. The van der Waals surface area contributed by atoms with Crippen molar-refractivity contribution in [1.29, 1.82) is 0 Å². The van der Waals surface area contributed by atoms with Gasteiger partial charge in [-0.15, -0.1) is 0 Å². The van der Waals surface area contributed by atoms with Gasteiger partial charge in [-0.2, -0.15) is 0 Å². The Morgan fingerprint density at radius 1 is 0.696 bits per heavy atom. The van der Waals surface area contributed by atoms with Crippen LogP contribution in [-0.2, 0) is 6.42 Å². The highest BCUT2D eigenvalue weighted by Gasteiger charge is 2.29. The summed E-state index contributed by atoms with van der Waals surface area (Å²) in [7, 11) is 0. The molecule has 0 spiro atoms. The van der Waals surface area contributed by atoms with Gasteiger partial charge in [0.15, 0.2) is 0 Å². The largest absolute Gasteiger partial charge is 0.0622 e. The average Bonchev–Trinajstić information content (AvgIpc) is 2.89. The molecule has 3 aromatic carbocycles. The number of fused-ring (bicyclic) bond motifs is 1. The third kappa shape index (κ3) is 2.51. The Kier molecular flexibility index (Phi) is 3.59. The molecular weight excluding hydrogens is 276 g/mol. The van der Waals surface area contributed by atoms with E-state index in [-0.39, 0.29) is 0 Å². The van der Waals surface area contributed by atoms with Gasteiger partial charge in [0.25, 0.3) is 0 Å². The summed E-state index contributed by atoms with van der Waals surface area (Å²) in [5.41, 5.74) is 8.53. The lowest BCUT2D eigenvalue weighted by molar-refractivity contribution is 0.866. The first-order valence-corrected chi connectivity index (χ1v) is 8.24. The van der Waals surface area contributed by atoms with Crippen LogP contribution >= 0.6 is 0 Å². The van der Waals surface area contributed by atoms with E-state index >= 15 is 0 Å². The van der Waals surface area contributed by atoms with Crippen LogP contribution in [0.15, 0.2) is 84.9 Å². The van der Waals surface area contributed by atoms with Crippen molar-refractivity contribution in [1.82, 2.24) is 0 Å². The Labute approximate surface area is 138 Å². The summed E-state index contributed by atoms with van der Waals surface area (Å²) in [4.78, 5) is 0. The highest BCUT2D eigenvalue weighted by Crippen LogP contribution is 2.48. The first-order chi connectivity index (χ1) is 11.3. The van der Waals surface area contributed by atoms with Crippen molar-refractivity contribution in [2.45, 2.75) is 19.3 Å². The van der Waals surface area contributed by atoms with Crippen LogP contribution in [0.1, 0.15) is 35.1 Å². The molecule has 1 aliphatic rings. The molecule has 3 aromatic rings. The Balaban J connectivity index is 1.83. The smallest absolute Gasteiger partial charge is 0.0144 e. The SMILES string of the molecule is CC1=C(c2ccccc2)C(Cc2ccccc2)c2ccccc21. The Bertz CT molecular complexity index is 841. The summed E-state index contributed by atoms with van der Waals surface area (Å²) < 4.78 is 0. The molecular formula is C23H20. The van der Waals surface area contributed by atoms with Crippen LogP contribution in [0.2, 0.25) is 0 Å². The summed E-state index contributed by atoms with van der Waals surface area (Å²) in [6.45, 7) is 2.27. The second-order valence-corrected chi connectivity index (χ2v) is 6.23. The van der Waals surface area contributed by atoms with E-state index in [0.717, 1.165) is 6.42 Å². The van der Waals surface area contributed by atoms with Gasteiger partial charge in [-0.3, -0.25) is 0 Å². The van der Waals surface area contributed by atoms with Crippen LogP contribution in [0, 0.1) is 0 Å². The zero-order valence-corrected chi connectivity index (χ0v) is 13.4. The fourth-order valence-corrected chi connectivity index (χ4v) is 3.80. The van der Waals surface area contributed by atoms with E-state index in [1.54, 1.807) is 0 Å². The van der Waals surface area contributed by atoms with Gasteiger partial charge in [0.2, 0.25) is 0 Å². The van der Waals surface area contributed by atoms with E-state index in [0.29, 0.717) is 5.92 Å². The standard InChI is InChI=1S/C23H20/c1-17-20-14-8-9-15-21(20)22(16-18-10-4-2-5-11-18)23(17)19-12-6-3-7-13-19/h2-15,22H,16H2,1H3. The molecule has 0 aromatic heterocycles. The summed E-state index contributed by atoms with van der Waals surface area (Å²) in [6.07, 6.45) is 1.05. The maximum absolute atomic E-state index is 2.29. The fourth-order valence-electron chi connectivity index (χ4n) is 3.80. The minimum Gasteiger partial charge on any atom is -0.0622 e. The zero-order valence-electron chi connectivity index (χ0n) is 13.4. The topological polar surface area (TPSA) is 0 Å². The lowest BCUT2D eigenvalue weighted by Gasteiger charge is -2.18. The van der Waals surface area contributed by atoms with Crippen LogP contribution in [0.3, 0.4) is 0 Å². The third-order valence-electron chi connectivity index (χ3n) is 4.86. The minimum absolute atomic E-state index is 0.441. The molecule has 0 fully saturated rings. The van der Waals surface area contributed by atoms with Crippen LogP contribution in [0.5, 0.6) is 0 Å². The Morgan fingerprint density at radius 2 is 1.30 bits per heavy atom. The number of rotatable bonds is 3. The molecule has 0 saturated heterocycles. The molecule has 0 heteroatoms. The molecule has 0 nitrogen and oxygen atoms in total. The van der Waals surface area contributed by atoms with E-state index in [1.165, 1.54) is 33.4 Å². The summed E-state index contributed by atoms with van der Waals surface area (Å²) in [5, 5.41) is 0. The molecule has 0 aliphatic heterocycles. The van der Waals surface area contributed by atoms with Crippen molar-refractivity contribution in [2.75, 3.05) is 0 Å². The molecule has 0 saturated carbocycles. The van der Waals surface area contributed by atoms with Crippen LogP contribution in [0.25, 0.3) is 11.1 Å². The summed E-state index contributed by atoms with van der Waals surface area (Å²) >= 11 is 0. The maximum atomic E-state index is 2.29. The van der Waals surface area contributed by atoms with E-state index < -0.39 is 0 Å². The average molecular weight is 296 g/mol. The van der Waals surface area contributed by atoms with E-state index in [4.69, 9.17) is 0 Å². The molecule has 1 aliphatic carbocycles. The monoisotopic (exact) mass is 296 g/mol. The Morgan fingerprint density at radius 3 is 2.04 bits per heavy atom. The molecule has 0 heterocycles. The lowest BCUT2D eigenvalue weighted by atomic mass is 9.86. The van der Waals surface area contributed by atoms with Gasteiger partial charge in [0.05, 0.1) is 0 Å². The van der Waals surface area contributed by atoms with Crippen molar-refractivity contribution in [3.63, 3.8) is 0 Å². The molecule has 23 heavy (non-hydrogen) atoms.